The first-order valence-electron chi connectivity index (χ1n) is 5.12. The van der Waals surface area contributed by atoms with Gasteiger partial charge in [-0.2, -0.15) is 5.26 Å². The predicted octanol–water partition coefficient (Wildman–Crippen LogP) is 2.94. The Morgan fingerprint density at radius 1 is 1.18 bits per heavy atom. The van der Waals surface area contributed by atoms with Gasteiger partial charge < -0.3 is 9.84 Å². The van der Waals surface area contributed by atoms with Crippen molar-refractivity contribution in [3.63, 3.8) is 0 Å². The third-order valence-electron chi connectivity index (χ3n) is 2.46. The lowest BCUT2D eigenvalue weighted by Gasteiger charge is -2.08. The summed E-state index contributed by atoms with van der Waals surface area (Å²) in [4.78, 5) is 0. The molecule has 3 nitrogen and oxygen atoms in total. The number of rotatable bonds is 2. The Balaban J connectivity index is 2.60. The van der Waals surface area contributed by atoms with Crippen LogP contribution in [0, 0.1) is 11.3 Å². The van der Waals surface area contributed by atoms with E-state index < -0.39 is 0 Å². The second-order valence-electron chi connectivity index (χ2n) is 3.58. The molecule has 0 aliphatic rings. The first-order chi connectivity index (χ1) is 8.24. The number of para-hydroxylation sites is 1. The molecule has 0 spiro atoms. The zero-order chi connectivity index (χ0) is 12.3. The smallest absolute Gasteiger partial charge is 0.126 e. The number of methoxy groups -OCH3 is 1. The summed E-state index contributed by atoms with van der Waals surface area (Å²) in [5.41, 5.74) is 2.03. The molecule has 0 aliphatic heterocycles. The van der Waals surface area contributed by atoms with Crippen molar-refractivity contribution in [3.8, 4) is 28.7 Å². The number of ether oxygens (including phenoxy) is 1. The lowest BCUT2D eigenvalue weighted by atomic mass is 10.0. The van der Waals surface area contributed by atoms with Crippen molar-refractivity contribution in [2.45, 2.75) is 0 Å². The van der Waals surface area contributed by atoms with Gasteiger partial charge in [0.1, 0.15) is 11.5 Å². The van der Waals surface area contributed by atoms with E-state index in [-0.39, 0.29) is 5.75 Å². The Hall–Kier alpha value is -2.47. The standard InChI is InChI=1S/C14H11NO2/c1-17-14-5-3-2-4-13(14)11-6-10(9-15)7-12(16)8-11/h2-8,16H,1H3. The highest BCUT2D eigenvalue weighted by Crippen LogP contribution is 2.32. The molecule has 2 rings (SSSR count). The fraction of sp³-hybridized carbons (Fsp3) is 0.0714. The van der Waals surface area contributed by atoms with Crippen LogP contribution < -0.4 is 4.74 Å². The zero-order valence-electron chi connectivity index (χ0n) is 9.34. The fourth-order valence-corrected chi connectivity index (χ4v) is 1.71. The topological polar surface area (TPSA) is 53.2 Å². The number of phenolic OH excluding ortho intramolecular Hbond substituents is 1. The molecular formula is C14H11NO2. The van der Waals surface area contributed by atoms with E-state index >= 15 is 0 Å². The van der Waals surface area contributed by atoms with Gasteiger partial charge >= 0.3 is 0 Å². The number of hydrogen-bond donors (Lipinski definition) is 1. The van der Waals surface area contributed by atoms with Gasteiger partial charge in [0.25, 0.3) is 0 Å². The summed E-state index contributed by atoms with van der Waals surface area (Å²) in [6, 6.07) is 14.3. The van der Waals surface area contributed by atoms with E-state index in [4.69, 9.17) is 10.00 Å². The number of benzene rings is 2. The minimum Gasteiger partial charge on any atom is -0.508 e. The normalized spacial score (nSPS) is 9.65. The molecular weight excluding hydrogens is 214 g/mol. The van der Waals surface area contributed by atoms with Gasteiger partial charge in [0.05, 0.1) is 18.7 Å². The lowest BCUT2D eigenvalue weighted by molar-refractivity contribution is 0.416. The second-order valence-corrected chi connectivity index (χ2v) is 3.58. The summed E-state index contributed by atoms with van der Waals surface area (Å²) in [7, 11) is 1.59. The maximum Gasteiger partial charge on any atom is 0.126 e. The lowest BCUT2D eigenvalue weighted by Crippen LogP contribution is -1.88. The Morgan fingerprint density at radius 3 is 2.65 bits per heavy atom. The summed E-state index contributed by atoms with van der Waals surface area (Å²) in [5.74, 6) is 0.784. The first-order valence-corrected chi connectivity index (χ1v) is 5.12. The van der Waals surface area contributed by atoms with Crippen LogP contribution >= 0.6 is 0 Å². The molecule has 0 saturated heterocycles. The van der Waals surface area contributed by atoms with E-state index in [1.807, 2.05) is 30.3 Å². The number of hydrogen-bond acceptors (Lipinski definition) is 3. The highest BCUT2D eigenvalue weighted by Gasteiger charge is 2.07. The number of aromatic hydroxyl groups is 1. The quantitative estimate of drug-likeness (QED) is 0.854. The minimum atomic E-state index is 0.0740. The monoisotopic (exact) mass is 225 g/mol. The Morgan fingerprint density at radius 2 is 1.94 bits per heavy atom. The van der Waals surface area contributed by atoms with Crippen molar-refractivity contribution in [2.24, 2.45) is 0 Å². The van der Waals surface area contributed by atoms with Crippen LogP contribution in [0.3, 0.4) is 0 Å². The predicted molar refractivity (Wildman–Crippen MR) is 64.8 cm³/mol. The van der Waals surface area contributed by atoms with Crippen LogP contribution in [0.5, 0.6) is 11.5 Å². The molecule has 2 aromatic rings. The number of phenols is 1. The van der Waals surface area contributed by atoms with Gasteiger partial charge in [0, 0.05) is 5.56 Å². The summed E-state index contributed by atoms with van der Waals surface area (Å²) < 4.78 is 5.25. The summed E-state index contributed by atoms with van der Waals surface area (Å²) in [6.07, 6.45) is 0. The molecule has 0 unspecified atom stereocenters. The molecule has 0 amide bonds. The van der Waals surface area contributed by atoms with Gasteiger partial charge in [-0.25, -0.2) is 0 Å². The van der Waals surface area contributed by atoms with Crippen molar-refractivity contribution in [1.29, 1.82) is 5.26 Å². The third kappa shape index (κ3) is 2.21. The average molecular weight is 225 g/mol. The van der Waals surface area contributed by atoms with Crippen LogP contribution in [-0.2, 0) is 0 Å². The molecule has 0 saturated carbocycles. The van der Waals surface area contributed by atoms with E-state index in [2.05, 4.69) is 0 Å². The molecule has 0 heterocycles. The molecule has 0 radical (unpaired) electrons. The average Bonchev–Trinajstić information content (AvgIpc) is 2.37. The van der Waals surface area contributed by atoms with Gasteiger partial charge in [0.15, 0.2) is 0 Å². The molecule has 0 aliphatic carbocycles. The molecule has 17 heavy (non-hydrogen) atoms. The zero-order valence-corrected chi connectivity index (χ0v) is 9.34. The molecule has 2 aromatic carbocycles. The Bertz CT molecular complexity index is 585. The van der Waals surface area contributed by atoms with Crippen molar-refractivity contribution in [3.05, 3.63) is 48.0 Å². The molecule has 0 fully saturated rings. The number of nitrogens with zero attached hydrogens (tertiary/aromatic N) is 1. The Labute approximate surface area is 99.5 Å². The van der Waals surface area contributed by atoms with Crippen molar-refractivity contribution >= 4 is 0 Å². The summed E-state index contributed by atoms with van der Waals surface area (Å²) >= 11 is 0. The van der Waals surface area contributed by atoms with Crippen LogP contribution in [0.2, 0.25) is 0 Å². The van der Waals surface area contributed by atoms with E-state index in [1.54, 1.807) is 19.2 Å². The molecule has 1 N–H and O–H groups in total. The van der Waals surface area contributed by atoms with Crippen LogP contribution in [0.15, 0.2) is 42.5 Å². The second kappa shape index (κ2) is 4.58. The highest BCUT2D eigenvalue weighted by atomic mass is 16.5. The Kier molecular flexibility index (Phi) is 2.97. The van der Waals surface area contributed by atoms with Crippen LogP contribution in [-0.4, -0.2) is 12.2 Å². The number of nitriles is 1. The maximum absolute atomic E-state index is 9.56. The van der Waals surface area contributed by atoms with E-state index in [1.165, 1.54) is 6.07 Å². The summed E-state index contributed by atoms with van der Waals surface area (Å²) in [6.45, 7) is 0. The van der Waals surface area contributed by atoms with Gasteiger partial charge in [-0.1, -0.05) is 18.2 Å². The van der Waals surface area contributed by atoms with Crippen molar-refractivity contribution in [2.75, 3.05) is 7.11 Å². The summed E-state index contributed by atoms with van der Waals surface area (Å²) in [5, 5.41) is 18.4. The molecule has 3 heteroatoms. The van der Waals surface area contributed by atoms with E-state index in [0.717, 1.165) is 11.1 Å². The molecule has 84 valence electrons. The highest BCUT2D eigenvalue weighted by molar-refractivity contribution is 5.72. The first kappa shape index (κ1) is 11.0. The maximum atomic E-state index is 9.56. The van der Waals surface area contributed by atoms with E-state index in [0.29, 0.717) is 11.3 Å². The van der Waals surface area contributed by atoms with Crippen LogP contribution in [0.25, 0.3) is 11.1 Å². The van der Waals surface area contributed by atoms with Gasteiger partial charge in [0.2, 0.25) is 0 Å². The fourth-order valence-electron chi connectivity index (χ4n) is 1.71. The molecule has 0 atom stereocenters. The van der Waals surface area contributed by atoms with Crippen molar-refractivity contribution in [1.82, 2.24) is 0 Å². The van der Waals surface area contributed by atoms with Gasteiger partial charge in [-0.3, -0.25) is 0 Å². The van der Waals surface area contributed by atoms with Gasteiger partial charge in [-0.05, 0) is 29.8 Å². The van der Waals surface area contributed by atoms with Crippen LogP contribution in [0.1, 0.15) is 5.56 Å². The third-order valence-corrected chi connectivity index (χ3v) is 2.46. The minimum absolute atomic E-state index is 0.0740. The van der Waals surface area contributed by atoms with Crippen molar-refractivity contribution < 1.29 is 9.84 Å². The molecule has 0 bridgehead atoms. The SMILES string of the molecule is COc1ccccc1-c1cc(O)cc(C#N)c1. The van der Waals surface area contributed by atoms with E-state index in [9.17, 15) is 5.11 Å². The van der Waals surface area contributed by atoms with Gasteiger partial charge in [-0.15, -0.1) is 0 Å². The van der Waals surface area contributed by atoms with Crippen LogP contribution in [0.4, 0.5) is 0 Å². The molecule has 0 aromatic heterocycles. The largest absolute Gasteiger partial charge is 0.508 e.